The van der Waals surface area contributed by atoms with E-state index in [9.17, 15) is 4.79 Å². The van der Waals surface area contributed by atoms with Crippen molar-refractivity contribution in [1.29, 1.82) is 0 Å². The lowest BCUT2D eigenvalue weighted by atomic mass is 9.86. The quantitative estimate of drug-likeness (QED) is 0.891. The third-order valence-electron chi connectivity index (χ3n) is 5.33. The van der Waals surface area contributed by atoms with Crippen molar-refractivity contribution in [3.8, 4) is 0 Å². The van der Waals surface area contributed by atoms with E-state index >= 15 is 0 Å². The van der Waals surface area contributed by atoms with Crippen molar-refractivity contribution in [2.24, 2.45) is 5.92 Å². The molecule has 1 atom stereocenters. The zero-order valence-electron chi connectivity index (χ0n) is 15.0. The molecule has 0 saturated carbocycles. The molecule has 2 aromatic rings. The van der Waals surface area contributed by atoms with Gasteiger partial charge in [-0.05, 0) is 55.7 Å². The number of nitrogens with zero attached hydrogens (tertiary/aromatic N) is 4. The second-order valence-electron chi connectivity index (χ2n) is 7.18. The normalized spacial score (nSPS) is 19.2. The van der Waals surface area contributed by atoms with Gasteiger partial charge in [-0.15, -0.1) is 0 Å². The Balaban J connectivity index is 1.32. The van der Waals surface area contributed by atoms with Crippen LogP contribution in [0.4, 0.5) is 5.95 Å². The molecule has 0 aromatic carbocycles. The second kappa shape index (κ2) is 7.81. The number of aryl methyl sites for hydroxylation is 1. The minimum Gasteiger partial charge on any atom is -0.356 e. The molecule has 26 heavy (non-hydrogen) atoms. The van der Waals surface area contributed by atoms with Crippen LogP contribution in [-0.4, -0.2) is 40.5 Å². The van der Waals surface area contributed by atoms with Crippen molar-refractivity contribution in [1.82, 2.24) is 20.3 Å². The number of carbonyl (C=O) groups excluding carboxylic acids is 1. The van der Waals surface area contributed by atoms with Crippen LogP contribution in [0.2, 0.25) is 0 Å². The topological polar surface area (TPSA) is 71.0 Å². The molecule has 2 aliphatic rings. The van der Waals surface area contributed by atoms with Gasteiger partial charge in [0, 0.05) is 49.8 Å². The molecule has 1 amide bonds. The monoisotopic (exact) mass is 351 g/mol. The molecule has 2 aromatic heterocycles. The Bertz CT molecular complexity index is 758. The first-order chi connectivity index (χ1) is 12.8. The average Bonchev–Trinajstić information content (AvgIpc) is 3.23. The molecule has 136 valence electrons. The van der Waals surface area contributed by atoms with Gasteiger partial charge in [0.2, 0.25) is 11.9 Å². The van der Waals surface area contributed by atoms with Gasteiger partial charge in [0.15, 0.2) is 0 Å². The highest BCUT2D eigenvalue weighted by atomic mass is 16.1. The van der Waals surface area contributed by atoms with Crippen molar-refractivity contribution in [3.63, 3.8) is 0 Å². The van der Waals surface area contributed by atoms with Crippen molar-refractivity contribution in [2.45, 2.75) is 38.5 Å². The first-order valence-electron chi connectivity index (χ1n) is 9.56. The van der Waals surface area contributed by atoms with E-state index in [-0.39, 0.29) is 11.8 Å². The highest BCUT2D eigenvalue weighted by molar-refractivity contribution is 5.79. The summed E-state index contributed by atoms with van der Waals surface area (Å²) in [6, 6.07) is 3.96. The molecular weight excluding hydrogens is 326 g/mol. The molecular formula is C20H25N5O. The number of hydrogen-bond donors (Lipinski definition) is 1. The Morgan fingerprint density at radius 1 is 1.27 bits per heavy atom. The van der Waals surface area contributed by atoms with E-state index in [1.165, 1.54) is 12.8 Å². The lowest BCUT2D eigenvalue weighted by Crippen LogP contribution is -2.35. The third kappa shape index (κ3) is 3.84. The van der Waals surface area contributed by atoms with Gasteiger partial charge in [-0.3, -0.25) is 9.78 Å². The van der Waals surface area contributed by atoms with Crippen molar-refractivity contribution < 1.29 is 4.79 Å². The molecule has 4 rings (SSSR count). The highest BCUT2D eigenvalue weighted by Crippen LogP contribution is 2.26. The summed E-state index contributed by atoms with van der Waals surface area (Å²) in [6.45, 7) is 2.76. The van der Waals surface area contributed by atoms with Gasteiger partial charge in [0.05, 0.1) is 0 Å². The summed E-state index contributed by atoms with van der Waals surface area (Å²) in [6.07, 6.45) is 11.3. The van der Waals surface area contributed by atoms with Gasteiger partial charge < -0.3 is 10.2 Å². The molecule has 3 heterocycles. The van der Waals surface area contributed by atoms with E-state index < -0.39 is 0 Å². The van der Waals surface area contributed by atoms with Gasteiger partial charge in [-0.1, -0.05) is 6.07 Å². The number of anilines is 1. The van der Waals surface area contributed by atoms with Crippen LogP contribution in [0.25, 0.3) is 0 Å². The Morgan fingerprint density at radius 3 is 2.96 bits per heavy atom. The zero-order chi connectivity index (χ0) is 17.8. The first kappa shape index (κ1) is 16.9. The lowest BCUT2D eigenvalue weighted by molar-refractivity contribution is -0.125. The summed E-state index contributed by atoms with van der Waals surface area (Å²) in [7, 11) is 0. The standard InChI is InChI=1S/C20H25N5O/c26-19(22-9-7-15-4-3-8-21-13-15)16-5-6-18-17(12-16)14-23-20(24-18)25-10-1-2-11-25/h3-4,8,13-14,16H,1-2,5-7,9-12H2,(H,22,26)/t16-/m1/s1. The van der Waals surface area contributed by atoms with Crippen LogP contribution in [0, 0.1) is 5.92 Å². The second-order valence-corrected chi connectivity index (χ2v) is 7.18. The summed E-state index contributed by atoms with van der Waals surface area (Å²) >= 11 is 0. The van der Waals surface area contributed by atoms with Crippen LogP contribution in [0.15, 0.2) is 30.7 Å². The SMILES string of the molecule is O=C(NCCc1cccnc1)[C@@H]1CCc2nc(N3CCCC3)ncc2C1. The van der Waals surface area contributed by atoms with Crippen molar-refractivity contribution in [2.75, 3.05) is 24.5 Å². The largest absolute Gasteiger partial charge is 0.356 e. The predicted octanol–water partition coefficient (Wildman–Crippen LogP) is 1.94. The van der Waals surface area contributed by atoms with Gasteiger partial charge in [0.25, 0.3) is 0 Å². The van der Waals surface area contributed by atoms with Crippen LogP contribution in [0.3, 0.4) is 0 Å². The fraction of sp³-hybridized carbons (Fsp3) is 0.500. The van der Waals surface area contributed by atoms with Gasteiger partial charge in [-0.25, -0.2) is 9.97 Å². The minimum atomic E-state index is 0.0256. The van der Waals surface area contributed by atoms with Crippen LogP contribution >= 0.6 is 0 Å². The zero-order valence-corrected chi connectivity index (χ0v) is 15.0. The maximum atomic E-state index is 12.5. The van der Waals surface area contributed by atoms with Crippen LogP contribution in [-0.2, 0) is 24.1 Å². The first-order valence-corrected chi connectivity index (χ1v) is 9.56. The van der Waals surface area contributed by atoms with Crippen molar-refractivity contribution in [3.05, 3.63) is 47.5 Å². The molecule has 1 aliphatic carbocycles. The van der Waals surface area contributed by atoms with Crippen LogP contribution < -0.4 is 10.2 Å². The van der Waals surface area contributed by atoms with Crippen LogP contribution in [0.5, 0.6) is 0 Å². The molecule has 0 radical (unpaired) electrons. The predicted molar refractivity (Wildman–Crippen MR) is 99.9 cm³/mol. The number of nitrogens with one attached hydrogen (secondary N) is 1. The molecule has 1 fully saturated rings. The number of carbonyl (C=O) groups is 1. The maximum absolute atomic E-state index is 12.5. The number of amides is 1. The summed E-state index contributed by atoms with van der Waals surface area (Å²) in [4.78, 5) is 28.2. The fourth-order valence-corrected chi connectivity index (χ4v) is 3.81. The molecule has 0 unspecified atom stereocenters. The lowest BCUT2D eigenvalue weighted by Gasteiger charge is -2.24. The molecule has 0 spiro atoms. The Labute approximate surface area is 154 Å². The van der Waals surface area contributed by atoms with E-state index in [4.69, 9.17) is 4.98 Å². The fourth-order valence-electron chi connectivity index (χ4n) is 3.81. The number of rotatable bonds is 5. The van der Waals surface area contributed by atoms with Gasteiger partial charge in [0.1, 0.15) is 0 Å². The third-order valence-corrected chi connectivity index (χ3v) is 5.33. The summed E-state index contributed by atoms with van der Waals surface area (Å²) in [5.74, 6) is 1.03. The summed E-state index contributed by atoms with van der Waals surface area (Å²) in [5.41, 5.74) is 3.40. The molecule has 1 saturated heterocycles. The maximum Gasteiger partial charge on any atom is 0.225 e. The molecule has 6 nitrogen and oxygen atoms in total. The molecule has 1 aliphatic heterocycles. The Hall–Kier alpha value is -2.50. The summed E-state index contributed by atoms with van der Waals surface area (Å²) < 4.78 is 0. The molecule has 1 N–H and O–H groups in total. The van der Waals surface area contributed by atoms with Gasteiger partial charge in [-0.2, -0.15) is 0 Å². The average molecular weight is 351 g/mol. The van der Waals surface area contributed by atoms with E-state index in [0.717, 1.165) is 61.5 Å². The van der Waals surface area contributed by atoms with E-state index in [1.807, 2.05) is 24.5 Å². The minimum absolute atomic E-state index is 0.0256. The Kier molecular flexibility index (Phi) is 5.09. The highest BCUT2D eigenvalue weighted by Gasteiger charge is 2.26. The molecule has 0 bridgehead atoms. The number of hydrogen-bond acceptors (Lipinski definition) is 5. The van der Waals surface area contributed by atoms with E-state index in [1.54, 1.807) is 6.20 Å². The number of aromatic nitrogens is 3. The molecule has 6 heteroatoms. The number of pyridine rings is 1. The Morgan fingerprint density at radius 2 is 2.15 bits per heavy atom. The summed E-state index contributed by atoms with van der Waals surface area (Å²) in [5, 5.41) is 3.07. The van der Waals surface area contributed by atoms with Crippen LogP contribution in [0.1, 0.15) is 36.1 Å². The van der Waals surface area contributed by atoms with Gasteiger partial charge >= 0.3 is 0 Å². The number of fused-ring (bicyclic) bond motifs is 1. The van der Waals surface area contributed by atoms with E-state index in [0.29, 0.717) is 6.54 Å². The smallest absolute Gasteiger partial charge is 0.225 e. The van der Waals surface area contributed by atoms with E-state index in [2.05, 4.69) is 20.2 Å². The van der Waals surface area contributed by atoms with Crippen molar-refractivity contribution >= 4 is 11.9 Å².